The molecule has 2 rings (SSSR count). The van der Waals surface area contributed by atoms with Crippen molar-refractivity contribution in [1.82, 2.24) is 0 Å². The summed E-state index contributed by atoms with van der Waals surface area (Å²) in [5.41, 5.74) is 1.23. The molecule has 1 aromatic carbocycles. The summed E-state index contributed by atoms with van der Waals surface area (Å²) in [7, 11) is 0. The number of hydrogen-bond acceptors (Lipinski definition) is 3. The zero-order chi connectivity index (χ0) is 12.1. The summed E-state index contributed by atoms with van der Waals surface area (Å²) in [5, 5.41) is 17.5. The first-order chi connectivity index (χ1) is 8.28. The Balaban J connectivity index is 1.85. The van der Waals surface area contributed by atoms with Gasteiger partial charge >= 0.3 is 0 Å². The van der Waals surface area contributed by atoms with Gasteiger partial charge in [0.1, 0.15) is 5.75 Å². The Hall–Kier alpha value is -1.53. The van der Waals surface area contributed by atoms with E-state index in [0.29, 0.717) is 19.4 Å². The summed E-state index contributed by atoms with van der Waals surface area (Å²) in [6.07, 6.45) is 3.47. The minimum absolute atomic E-state index is 0.124. The second kappa shape index (κ2) is 5.20. The molecule has 1 aliphatic rings. The summed E-state index contributed by atoms with van der Waals surface area (Å²) < 4.78 is 5.71. The number of nitriles is 1. The van der Waals surface area contributed by atoms with Crippen molar-refractivity contribution in [2.24, 2.45) is 5.41 Å². The van der Waals surface area contributed by atoms with E-state index in [-0.39, 0.29) is 12.0 Å². The molecule has 0 unspecified atom stereocenters. The third-order valence-corrected chi connectivity index (χ3v) is 3.28. The van der Waals surface area contributed by atoms with Crippen molar-refractivity contribution in [1.29, 1.82) is 5.26 Å². The highest BCUT2D eigenvalue weighted by Gasteiger charge is 2.43. The molecule has 17 heavy (non-hydrogen) atoms. The summed E-state index contributed by atoms with van der Waals surface area (Å²) in [6.45, 7) is 0.811. The Kier molecular flexibility index (Phi) is 3.65. The van der Waals surface area contributed by atoms with Gasteiger partial charge in [0.05, 0.1) is 12.7 Å². The normalized spacial score (nSPS) is 16.2. The standard InChI is InChI=1S/C14H17NO2/c15-9-8-14(6-7-14)11-17-13-3-1-12(2-4-13)5-10-16/h1-4,16H,5-8,10-11H2. The fourth-order valence-corrected chi connectivity index (χ4v) is 1.83. The van der Waals surface area contributed by atoms with Crippen LogP contribution in [0.4, 0.5) is 0 Å². The van der Waals surface area contributed by atoms with Crippen LogP contribution in [0.25, 0.3) is 0 Å². The van der Waals surface area contributed by atoms with Gasteiger partial charge in [0, 0.05) is 18.4 Å². The summed E-state index contributed by atoms with van der Waals surface area (Å²) in [6, 6.07) is 10.0. The molecule has 1 N–H and O–H groups in total. The van der Waals surface area contributed by atoms with Crippen molar-refractivity contribution in [2.45, 2.75) is 25.7 Å². The summed E-state index contributed by atoms with van der Waals surface area (Å²) in [5.74, 6) is 0.843. The van der Waals surface area contributed by atoms with Gasteiger partial charge in [-0.15, -0.1) is 0 Å². The van der Waals surface area contributed by atoms with Crippen LogP contribution in [0.1, 0.15) is 24.8 Å². The molecule has 1 aliphatic carbocycles. The quantitative estimate of drug-likeness (QED) is 0.817. The predicted octanol–water partition coefficient (Wildman–Crippen LogP) is 2.29. The molecule has 90 valence electrons. The van der Waals surface area contributed by atoms with Crippen LogP contribution >= 0.6 is 0 Å². The Morgan fingerprint density at radius 2 is 2.00 bits per heavy atom. The minimum Gasteiger partial charge on any atom is -0.493 e. The fraction of sp³-hybridized carbons (Fsp3) is 0.500. The van der Waals surface area contributed by atoms with E-state index in [4.69, 9.17) is 15.1 Å². The third-order valence-electron chi connectivity index (χ3n) is 3.28. The lowest BCUT2D eigenvalue weighted by molar-refractivity contribution is 0.236. The highest BCUT2D eigenvalue weighted by Crippen LogP contribution is 2.48. The van der Waals surface area contributed by atoms with Gasteiger partial charge in [0.15, 0.2) is 0 Å². The van der Waals surface area contributed by atoms with Crippen LogP contribution in [0.5, 0.6) is 5.75 Å². The van der Waals surface area contributed by atoms with Crippen LogP contribution in [-0.2, 0) is 6.42 Å². The van der Waals surface area contributed by atoms with E-state index in [1.165, 1.54) is 0 Å². The average molecular weight is 231 g/mol. The number of hydrogen-bond donors (Lipinski definition) is 1. The first-order valence-corrected chi connectivity index (χ1v) is 5.98. The van der Waals surface area contributed by atoms with Crippen LogP contribution in [0.15, 0.2) is 24.3 Å². The number of benzene rings is 1. The predicted molar refractivity (Wildman–Crippen MR) is 64.6 cm³/mol. The number of rotatable bonds is 6. The second-order valence-corrected chi connectivity index (χ2v) is 4.74. The van der Waals surface area contributed by atoms with E-state index in [1.807, 2.05) is 24.3 Å². The van der Waals surface area contributed by atoms with E-state index in [1.54, 1.807) is 0 Å². The van der Waals surface area contributed by atoms with Crippen molar-refractivity contribution in [2.75, 3.05) is 13.2 Å². The first kappa shape index (κ1) is 11.9. The molecule has 0 aromatic heterocycles. The van der Waals surface area contributed by atoms with Gasteiger partial charge in [-0.1, -0.05) is 12.1 Å². The van der Waals surface area contributed by atoms with E-state index in [2.05, 4.69) is 6.07 Å². The second-order valence-electron chi connectivity index (χ2n) is 4.74. The van der Waals surface area contributed by atoms with Crippen LogP contribution < -0.4 is 4.74 Å². The summed E-state index contributed by atoms with van der Waals surface area (Å²) >= 11 is 0. The van der Waals surface area contributed by atoms with Crippen molar-refractivity contribution in [3.63, 3.8) is 0 Å². The topological polar surface area (TPSA) is 53.2 Å². The molecule has 1 saturated carbocycles. The molecule has 0 atom stereocenters. The maximum atomic E-state index is 8.80. The SMILES string of the molecule is N#CCC1(COc2ccc(CCO)cc2)CC1. The molecule has 1 aromatic rings. The molecule has 3 heteroatoms. The minimum atomic E-state index is 0.124. The number of aliphatic hydroxyl groups excluding tert-OH is 1. The third kappa shape index (κ3) is 3.21. The van der Waals surface area contributed by atoms with Gasteiger partial charge in [0.2, 0.25) is 0 Å². The largest absolute Gasteiger partial charge is 0.493 e. The van der Waals surface area contributed by atoms with Gasteiger partial charge in [-0.2, -0.15) is 5.26 Å². The monoisotopic (exact) mass is 231 g/mol. The molecular weight excluding hydrogens is 214 g/mol. The van der Waals surface area contributed by atoms with Gasteiger partial charge in [-0.25, -0.2) is 0 Å². The molecule has 3 nitrogen and oxygen atoms in total. The molecule has 0 spiro atoms. The van der Waals surface area contributed by atoms with Crippen molar-refractivity contribution < 1.29 is 9.84 Å². The molecule has 1 fully saturated rings. The Morgan fingerprint density at radius 3 is 2.53 bits per heavy atom. The van der Waals surface area contributed by atoms with Gasteiger partial charge < -0.3 is 9.84 Å². The van der Waals surface area contributed by atoms with E-state index >= 15 is 0 Å². The first-order valence-electron chi connectivity index (χ1n) is 5.98. The lowest BCUT2D eigenvalue weighted by Crippen LogP contribution is -2.12. The Bertz CT molecular complexity index is 401. The van der Waals surface area contributed by atoms with Crippen LogP contribution in [0.3, 0.4) is 0 Å². The lowest BCUT2D eigenvalue weighted by Gasteiger charge is -2.13. The van der Waals surface area contributed by atoms with E-state index < -0.39 is 0 Å². The van der Waals surface area contributed by atoms with Crippen LogP contribution in [0, 0.1) is 16.7 Å². The number of ether oxygens (including phenoxy) is 1. The molecule has 0 aliphatic heterocycles. The van der Waals surface area contributed by atoms with E-state index in [0.717, 1.165) is 24.2 Å². The number of aliphatic hydroxyl groups is 1. The maximum Gasteiger partial charge on any atom is 0.119 e. The van der Waals surface area contributed by atoms with Crippen molar-refractivity contribution >= 4 is 0 Å². The Morgan fingerprint density at radius 1 is 1.29 bits per heavy atom. The molecule has 0 radical (unpaired) electrons. The van der Waals surface area contributed by atoms with E-state index in [9.17, 15) is 0 Å². The van der Waals surface area contributed by atoms with Crippen LogP contribution in [0.2, 0.25) is 0 Å². The Labute approximate surface area is 102 Å². The highest BCUT2D eigenvalue weighted by molar-refractivity contribution is 5.27. The fourth-order valence-electron chi connectivity index (χ4n) is 1.83. The zero-order valence-electron chi connectivity index (χ0n) is 9.85. The molecule has 0 saturated heterocycles. The highest BCUT2D eigenvalue weighted by atomic mass is 16.5. The van der Waals surface area contributed by atoms with Crippen LogP contribution in [-0.4, -0.2) is 18.3 Å². The average Bonchev–Trinajstić information content (AvgIpc) is 3.10. The molecular formula is C14H17NO2. The molecule has 0 heterocycles. The lowest BCUT2D eigenvalue weighted by atomic mass is 10.1. The van der Waals surface area contributed by atoms with Gasteiger partial charge in [-0.05, 0) is 37.0 Å². The smallest absolute Gasteiger partial charge is 0.119 e. The van der Waals surface area contributed by atoms with Crippen molar-refractivity contribution in [3.05, 3.63) is 29.8 Å². The van der Waals surface area contributed by atoms with Gasteiger partial charge in [0.25, 0.3) is 0 Å². The molecule has 0 amide bonds. The van der Waals surface area contributed by atoms with Crippen molar-refractivity contribution in [3.8, 4) is 11.8 Å². The maximum absolute atomic E-state index is 8.80. The van der Waals surface area contributed by atoms with Gasteiger partial charge in [-0.3, -0.25) is 0 Å². The number of nitrogens with zero attached hydrogens (tertiary/aromatic N) is 1. The summed E-state index contributed by atoms with van der Waals surface area (Å²) in [4.78, 5) is 0. The molecule has 0 bridgehead atoms. The zero-order valence-corrected chi connectivity index (χ0v) is 9.85.